The lowest BCUT2D eigenvalue weighted by molar-refractivity contribution is -0.142. The summed E-state index contributed by atoms with van der Waals surface area (Å²) in [7, 11) is -5.03. The maximum atomic E-state index is 14.0. The van der Waals surface area contributed by atoms with Gasteiger partial charge in [0.05, 0.1) is 16.1 Å². The molecule has 0 radical (unpaired) electrons. The van der Waals surface area contributed by atoms with Gasteiger partial charge >= 0.3 is 16.3 Å². The van der Waals surface area contributed by atoms with Gasteiger partial charge in [0.15, 0.2) is 0 Å². The van der Waals surface area contributed by atoms with Crippen LogP contribution < -0.4 is 10.6 Å². The summed E-state index contributed by atoms with van der Waals surface area (Å²) in [6, 6.07) is 5.11. The highest BCUT2D eigenvalue weighted by molar-refractivity contribution is 7.87. The molecule has 10 nitrogen and oxygen atoms in total. The van der Waals surface area contributed by atoms with E-state index in [-0.39, 0.29) is 6.54 Å². The fourth-order valence-corrected chi connectivity index (χ4v) is 5.96. The highest BCUT2D eigenvalue weighted by Crippen LogP contribution is 2.30. The number of alkyl carbamates (subject to hydrolysis) is 1. The van der Waals surface area contributed by atoms with Crippen LogP contribution in [0, 0.1) is 12.3 Å². The van der Waals surface area contributed by atoms with Crippen molar-refractivity contribution in [3.63, 3.8) is 0 Å². The Morgan fingerprint density at radius 2 is 1.77 bits per heavy atom. The zero-order valence-electron chi connectivity index (χ0n) is 23.8. The Hall–Kier alpha value is -3.06. The quantitative estimate of drug-likeness (QED) is 0.462. The molecule has 0 unspecified atom stereocenters. The van der Waals surface area contributed by atoms with Gasteiger partial charge in [0.1, 0.15) is 22.9 Å². The van der Waals surface area contributed by atoms with Gasteiger partial charge in [0.25, 0.3) is 0 Å². The van der Waals surface area contributed by atoms with E-state index in [1.807, 2.05) is 31.2 Å². The van der Waals surface area contributed by atoms with Gasteiger partial charge < -0.3 is 20.3 Å². The van der Waals surface area contributed by atoms with Gasteiger partial charge in [0, 0.05) is 13.1 Å². The van der Waals surface area contributed by atoms with E-state index in [2.05, 4.69) is 15.6 Å². The number of carbonyl (C=O) groups excluding carboxylic acids is 3. The Bertz CT molecular complexity index is 1350. The number of aromatic nitrogens is 1. The van der Waals surface area contributed by atoms with Gasteiger partial charge in [0.2, 0.25) is 11.8 Å². The van der Waals surface area contributed by atoms with Crippen LogP contribution in [0.25, 0.3) is 10.4 Å². The lowest BCUT2D eigenvalue weighted by atomic mass is 9.85. The summed E-state index contributed by atoms with van der Waals surface area (Å²) in [6.07, 6.45) is -1.24. The van der Waals surface area contributed by atoms with Crippen LogP contribution in [0.1, 0.15) is 59.2 Å². The fourth-order valence-electron chi connectivity index (χ4n) is 4.39. The van der Waals surface area contributed by atoms with Crippen LogP contribution in [0.2, 0.25) is 0 Å². The SMILES string of the molecule is Cc1ncsc1-c1ccc(CNC(=O)[C@@H]2C[C@@H](S(=O)(=O)F)CN2C(=O)[C@@H](NC(=O)OC(C)(C)C)C(C)(C)C)cc1. The van der Waals surface area contributed by atoms with E-state index >= 15 is 0 Å². The summed E-state index contributed by atoms with van der Waals surface area (Å²) in [5.41, 5.74) is 2.81. The van der Waals surface area contributed by atoms with Crippen molar-refractivity contribution >= 4 is 39.5 Å². The second kappa shape index (κ2) is 11.8. The summed E-state index contributed by atoms with van der Waals surface area (Å²) in [5, 5.41) is 3.73. The summed E-state index contributed by atoms with van der Waals surface area (Å²) < 4.78 is 42.9. The second-order valence-corrected chi connectivity index (χ2v) is 14.4. The minimum absolute atomic E-state index is 0.116. The number of ether oxygens (including phenoxy) is 1. The van der Waals surface area contributed by atoms with Crippen molar-refractivity contribution in [2.75, 3.05) is 6.54 Å². The zero-order chi connectivity index (χ0) is 30.0. The number of aryl methyl sites for hydroxylation is 1. The molecule has 1 fully saturated rings. The van der Waals surface area contributed by atoms with E-state index in [4.69, 9.17) is 4.74 Å². The second-order valence-electron chi connectivity index (χ2n) is 12.0. The number of carbonyl (C=O) groups is 3. The van der Waals surface area contributed by atoms with E-state index < -0.39 is 69.4 Å². The van der Waals surface area contributed by atoms with Crippen molar-refractivity contribution in [2.24, 2.45) is 5.41 Å². The van der Waals surface area contributed by atoms with Crippen molar-refractivity contribution in [1.29, 1.82) is 0 Å². The number of hydrogen-bond acceptors (Lipinski definition) is 8. The molecule has 1 aromatic carbocycles. The molecule has 0 spiro atoms. The Morgan fingerprint density at radius 1 is 1.15 bits per heavy atom. The summed E-state index contributed by atoms with van der Waals surface area (Å²) in [4.78, 5) is 45.8. The standard InChI is InChI=1S/C27H37FN4O6S2/c1-16-21(39-15-30-16)18-10-8-17(9-11-18)13-29-23(33)20-12-19(40(28,36)37)14-32(20)24(34)22(26(2,3)4)31-25(35)38-27(5,6)7/h8-11,15,19-20,22H,12-14H2,1-7H3,(H,29,33)(H,31,35)/t19-,20+,22-/m1/s1. The molecule has 1 aliphatic rings. The molecular formula is C27H37FN4O6S2. The highest BCUT2D eigenvalue weighted by Gasteiger charge is 2.48. The van der Waals surface area contributed by atoms with Crippen LogP contribution >= 0.6 is 11.3 Å². The first-order valence-electron chi connectivity index (χ1n) is 12.9. The molecule has 1 aromatic heterocycles. The number of amides is 3. The van der Waals surface area contributed by atoms with Crippen LogP contribution in [0.4, 0.5) is 8.68 Å². The molecule has 2 aromatic rings. The third-order valence-electron chi connectivity index (χ3n) is 6.45. The molecule has 1 aliphatic heterocycles. The van der Waals surface area contributed by atoms with Gasteiger partial charge in [-0.1, -0.05) is 45.0 Å². The molecule has 2 heterocycles. The number of halogens is 1. The van der Waals surface area contributed by atoms with Crippen molar-refractivity contribution in [1.82, 2.24) is 20.5 Å². The average molecular weight is 597 g/mol. The number of hydrogen-bond donors (Lipinski definition) is 2. The number of likely N-dealkylation sites (tertiary alicyclic amines) is 1. The molecule has 1 saturated heterocycles. The van der Waals surface area contributed by atoms with Gasteiger partial charge in [-0.25, -0.2) is 9.78 Å². The molecule has 3 rings (SSSR count). The molecule has 0 bridgehead atoms. The summed E-state index contributed by atoms with van der Waals surface area (Å²) in [5.74, 6) is -1.32. The minimum Gasteiger partial charge on any atom is -0.444 e. The summed E-state index contributed by atoms with van der Waals surface area (Å²) in [6.45, 7) is 11.7. The number of benzene rings is 1. The lowest BCUT2D eigenvalue weighted by Gasteiger charge is -2.35. The zero-order valence-corrected chi connectivity index (χ0v) is 25.4. The Kier molecular flexibility index (Phi) is 9.29. The number of rotatable bonds is 7. The Labute approximate surface area is 238 Å². The Balaban J connectivity index is 1.78. The van der Waals surface area contributed by atoms with Crippen molar-refractivity contribution in [3.8, 4) is 10.4 Å². The van der Waals surface area contributed by atoms with E-state index in [9.17, 15) is 26.7 Å². The number of nitrogens with zero attached hydrogens (tertiary/aromatic N) is 2. The maximum absolute atomic E-state index is 14.0. The van der Waals surface area contributed by atoms with Crippen LogP contribution in [0.3, 0.4) is 0 Å². The van der Waals surface area contributed by atoms with E-state index in [1.54, 1.807) is 47.1 Å². The van der Waals surface area contributed by atoms with Crippen molar-refractivity contribution in [2.45, 2.75) is 84.4 Å². The molecular weight excluding hydrogens is 559 g/mol. The van der Waals surface area contributed by atoms with Gasteiger partial charge in [-0.05, 0) is 50.7 Å². The number of nitrogens with one attached hydrogen (secondary N) is 2. The average Bonchev–Trinajstić information content (AvgIpc) is 3.46. The van der Waals surface area contributed by atoms with Crippen LogP contribution in [0.5, 0.6) is 0 Å². The van der Waals surface area contributed by atoms with Crippen molar-refractivity contribution in [3.05, 3.63) is 41.0 Å². The molecule has 3 atom stereocenters. The lowest BCUT2D eigenvalue weighted by Crippen LogP contribution is -2.58. The normalized spacial score (nSPS) is 18.8. The molecule has 220 valence electrons. The topological polar surface area (TPSA) is 135 Å². The monoisotopic (exact) mass is 596 g/mol. The van der Waals surface area contributed by atoms with Crippen LogP contribution in [-0.2, 0) is 31.1 Å². The van der Waals surface area contributed by atoms with Gasteiger partial charge in [-0.2, -0.15) is 8.42 Å². The fraction of sp³-hybridized carbons (Fsp3) is 0.556. The van der Waals surface area contributed by atoms with E-state index in [0.717, 1.165) is 26.6 Å². The van der Waals surface area contributed by atoms with E-state index in [1.165, 1.54) is 11.3 Å². The molecule has 40 heavy (non-hydrogen) atoms. The molecule has 0 saturated carbocycles. The first-order valence-corrected chi connectivity index (χ1v) is 15.2. The highest BCUT2D eigenvalue weighted by atomic mass is 32.3. The first kappa shape index (κ1) is 31.5. The minimum atomic E-state index is -5.03. The first-order chi connectivity index (χ1) is 18.4. The summed E-state index contributed by atoms with van der Waals surface area (Å²) >= 11 is 1.53. The molecule has 3 amide bonds. The number of thiazole rings is 1. The van der Waals surface area contributed by atoms with Gasteiger partial charge in [-0.3, -0.25) is 9.59 Å². The van der Waals surface area contributed by atoms with Gasteiger partial charge in [-0.15, -0.1) is 15.2 Å². The smallest absolute Gasteiger partial charge is 0.408 e. The van der Waals surface area contributed by atoms with Crippen LogP contribution in [-0.4, -0.2) is 65.7 Å². The van der Waals surface area contributed by atoms with E-state index in [0.29, 0.717) is 0 Å². The van der Waals surface area contributed by atoms with Crippen LogP contribution in [0.15, 0.2) is 29.8 Å². The molecule has 2 N–H and O–H groups in total. The van der Waals surface area contributed by atoms with Crippen molar-refractivity contribution < 1.29 is 31.4 Å². The Morgan fingerprint density at radius 3 is 2.27 bits per heavy atom. The molecule has 0 aliphatic carbocycles. The predicted molar refractivity (Wildman–Crippen MR) is 151 cm³/mol. The third-order valence-corrected chi connectivity index (χ3v) is 8.56. The predicted octanol–water partition coefficient (Wildman–Crippen LogP) is 3.94. The molecule has 13 heteroatoms. The third kappa shape index (κ3) is 8.00. The maximum Gasteiger partial charge on any atom is 0.408 e. The largest absolute Gasteiger partial charge is 0.444 e.